The maximum absolute atomic E-state index is 12.0. The first kappa shape index (κ1) is 14.3. The highest BCUT2D eigenvalue weighted by molar-refractivity contribution is 5.92. The second-order valence-corrected chi connectivity index (χ2v) is 5.28. The summed E-state index contributed by atoms with van der Waals surface area (Å²) >= 11 is 0. The van der Waals surface area contributed by atoms with E-state index in [1.54, 1.807) is 17.1 Å². The monoisotopic (exact) mass is 273 g/mol. The fourth-order valence-corrected chi connectivity index (χ4v) is 2.40. The molecule has 20 heavy (non-hydrogen) atoms. The van der Waals surface area contributed by atoms with E-state index in [1.807, 2.05) is 31.2 Å². The van der Waals surface area contributed by atoms with Crippen molar-refractivity contribution in [2.45, 2.75) is 19.8 Å². The van der Waals surface area contributed by atoms with E-state index in [9.17, 15) is 9.59 Å². The van der Waals surface area contributed by atoms with Gasteiger partial charge in [-0.25, -0.2) is 0 Å². The number of rotatable bonds is 4. The van der Waals surface area contributed by atoms with Crippen LogP contribution in [0.3, 0.4) is 0 Å². The molecule has 1 aromatic rings. The molecule has 1 aromatic carbocycles. The summed E-state index contributed by atoms with van der Waals surface area (Å²) in [5, 5.41) is 8.76. The van der Waals surface area contributed by atoms with Gasteiger partial charge in [0.15, 0.2) is 0 Å². The van der Waals surface area contributed by atoms with Gasteiger partial charge in [0.05, 0.1) is 0 Å². The van der Waals surface area contributed by atoms with Gasteiger partial charge in [-0.3, -0.25) is 9.59 Å². The van der Waals surface area contributed by atoms with Crippen molar-refractivity contribution in [3.05, 3.63) is 41.5 Å². The van der Waals surface area contributed by atoms with Crippen LogP contribution in [-0.2, 0) is 9.59 Å². The number of hydrogen-bond acceptors (Lipinski definition) is 2. The van der Waals surface area contributed by atoms with Crippen molar-refractivity contribution < 1.29 is 14.7 Å². The Morgan fingerprint density at radius 3 is 2.70 bits per heavy atom. The van der Waals surface area contributed by atoms with Crippen molar-refractivity contribution in [1.82, 2.24) is 4.90 Å². The second kappa shape index (κ2) is 6.37. The minimum absolute atomic E-state index is 0.0431. The first-order valence-corrected chi connectivity index (χ1v) is 6.80. The molecule has 2 rings (SSSR count). The summed E-state index contributed by atoms with van der Waals surface area (Å²) < 4.78 is 0. The number of aryl methyl sites for hydroxylation is 1. The van der Waals surface area contributed by atoms with Gasteiger partial charge in [-0.2, -0.15) is 0 Å². The van der Waals surface area contributed by atoms with E-state index in [0.29, 0.717) is 13.1 Å². The Kier molecular flexibility index (Phi) is 4.56. The van der Waals surface area contributed by atoms with E-state index in [-0.39, 0.29) is 18.2 Å². The zero-order chi connectivity index (χ0) is 14.5. The van der Waals surface area contributed by atoms with Gasteiger partial charge < -0.3 is 10.0 Å². The maximum atomic E-state index is 12.0. The van der Waals surface area contributed by atoms with E-state index in [4.69, 9.17) is 5.11 Å². The van der Waals surface area contributed by atoms with Crippen molar-refractivity contribution in [3.8, 4) is 0 Å². The molecule has 1 heterocycles. The normalized spacial score (nSPS) is 18.6. The highest BCUT2D eigenvalue weighted by atomic mass is 16.4. The van der Waals surface area contributed by atoms with Gasteiger partial charge in [0.25, 0.3) is 0 Å². The van der Waals surface area contributed by atoms with Crippen LogP contribution in [0.15, 0.2) is 30.3 Å². The molecule has 0 bridgehead atoms. The summed E-state index contributed by atoms with van der Waals surface area (Å²) in [7, 11) is 0. The highest BCUT2D eigenvalue weighted by Crippen LogP contribution is 2.20. The third kappa shape index (κ3) is 3.95. The summed E-state index contributed by atoms with van der Waals surface area (Å²) in [5.74, 6) is -0.748. The van der Waals surface area contributed by atoms with Crippen LogP contribution < -0.4 is 0 Å². The van der Waals surface area contributed by atoms with E-state index >= 15 is 0 Å². The number of benzene rings is 1. The summed E-state index contributed by atoms with van der Waals surface area (Å²) in [6.07, 6.45) is 4.28. The Bertz CT molecular complexity index is 519. The number of carbonyl (C=O) groups excluding carboxylic acids is 1. The van der Waals surface area contributed by atoms with Gasteiger partial charge >= 0.3 is 5.97 Å². The lowest BCUT2D eigenvalue weighted by atomic mass is 10.1. The minimum atomic E-state index is -0.792. The van der Waals surface area contributed by atoms with Gasteiger partial charge in [0.1, 0.15) is 0 Å². The van der Waals surface area contributed by atoms with Crippen LogP contribution in [0.25, 0.3) is 6.08 Å². The zero-order valence-corrected chi connectivity index (χ0v) is 11.6. The molecule has 0 spiro atoms. The van der Waals surface area contributed by atoms with Crippen molar-refractivity contribution >= 4 is 18.0 Å². The first-order chi connectivity index (χ1) is 9.54. The Balaban J connectivity index is 1.89. The molecule has 1 aliphatic rings. The predicted molar refractivity (Wildman–Crippen MR) is 77.2 cm³/mol. The smallest absolute Gasteiger partial charge is 0.303 e. The van der Waals surface area contributed by atoms with Crippen LogP contribution in [0, 0.1) is 12.8 Å². The maximum Gasteiger partial charge on any atom is 0.303 e. The lowest BCUT2D eigenvalue weighted by molar-refractivity contribution is -0.138. The van der Waals surface area contributed by atoms with Crippen LogP contribution in [-0.4, -0.2) is 35.0 Å². The first-order valence-electron chi connectivity index (χ1n) is 6.80. The summed E-state index contributed by atoms with van der Waals surface area (Å²) in [6.45, 7) is 3.21. The van der Waals surface area contributed by atoms with E-state index < -0.39 is 5.97 Å². The lowest BCUT2D eigenvalue weighted by Crippen LogP contribution is -2.27. The number of hydrogen-bond donors (Lipinski definition) is 1. The molecule has 1 N–H and O–H groups in total. The second-order valence-electron chi connectivity index (χ2n) is 5.28. The number of aliphatic carboxylic acids is 1. The largest absolute Gasteiger partial charge is 0.481 e. The molecule has 0 saturated carbocycles. The van der Waals surface area contributed by atoms with Crippen LogP contribution in [0.2, 0.25) is 0 Å². The SMILES string of the molecule is Cc1ccc(C=CC(=O)N2CCC(CC(=O)O)C2)cc1. The minimum Gasteiger partial charge on any atom is -0.481 e. The van der Waals surface area contributed by atoms with E-state index in [2.05, 4.69) is 0 Å². The van der Waals surface area contributed by atoms with Gasteiger partial charge in [-0.1, -0.05) is 29.8 Å². The Morgan fingerprint density at radius 1 is 1.35 bits per heavy atom. The Hall–Kier alpha value is -2.10. The van der Waals surface area contributed by atoms with Crippen molar-refractivity contribution in [2.24, 2.45) is 5.92 Å². The molecular formula is C16H19NO3. The van der Waals surface area contributed by atoms with Crippen molar-refractivity contribution in [2.75, 3.05) is 13.1 Å². The average molecular weight is 273 g/mol. The predicted octanol–water partition coefficient (Wildman–Crippen LogP) is 2.33. The summed E-state index contributed by atoms with van der Waals surface area (Å²) in [5.41, 5.74) is 2.18. The molecule has 0 radical (unpaired) electrons. The molecule has 1 amide bonds. The lowest BCUT2D eigenvalue weighted by Gasteiger charge is -2.13. The van der Waals surface area contributed by atoms with Crippen molar-refractivity contribution in [1.29, 1.82) is 0 Å². The molecular weight excluding hydrogens is 254 g/mol. The number of carbonyl (C=O) groups is 2. The third-order valence-electron chi connectivity index (χ3n) is 3.56. The van der Waals surface area contributed by atoms with Crippen LogP contribution in [0.1, 0.15) is 24.0 Å². The zero-order valence-electron chi connectivity index (χ0n) is 11.6. The summed E-state index contributed by atoms with van der Waals surface area (Å²) in [6, 6.07) is 7.94. The van der Waals surface area contributed by atoms with Gasteiger partial charge in [0.2, 0.25) is 5.91 Å². The van der Waals surface area contributed by atoms with Crippen LogP contribution >= 0.6 is 0 Å². The number of carboxylic acids is 1. The number of amides is 1. The van der Waals surface area contributed by atoms with Gasteiger partial charge in [-0.15, -0.1) is 0 Å². The third-order valence-corrected chi connectivity index (χ3v) is 3.56. The van der Waals surface area contributed by atoms with Crippen LogP contribution in [0.4, 0.5) is 0 Å². The topological polar surface area (TPSA) is 57.6 Å². The molecule has 0 aliphatic carbocycles. The molecule has 1 aliphatic heterocycles. The molecule has 1 saturated heterocycles. The molecule has 0 aromatic heterocycles. The standard InChI is InChI=1S/C16H19NO3/c1-12-2-4-13(5-3-12)6-7-15(18)17-9-8-14(11-17)10-16(19)20/h2-7,14H,8-11H2,1H3,(H,19,20). The Morgan fingerprint density at radius 2 is 2.05 bits per heavy atom. The molecule has 1 atom stereocenters. The number of nitrogens with zero attached hydrogens (tertiary/aromatic N) is 1. The molecule has 106 valence electrons. The highest BCUT2D eigenvalue weighted by Gasteiger charge is 2.26. The average Bonchev–Trinajstić information content (AvgIpc) is 2.85. The van der Waals surface area contributed by atoms with Gasteiger partial charge in [-0.05, 0) is 30.9 Å². The van der Waals surface area contributed by atoms with E-state index in [0.717, 1.165) is 12.0 Å². The Labute approximate surface area is 118 Å². The van der Waals surface area contributed by atoms with Crippen molar-refractivity contribution in [3.63, 3.8) is 0 Å². The number of carboxylic acid groups (broad SMARTS) is 1. The summed E-state index contributed by atoms with van der Waals surface area (Å²) in [4.78, 5) is 24.4. The fourth-order valence-electron chi connectivity index (χ4n) is 2.40. The van der Waals surface area contributed by atoms with Crippen LogP contribution in [0.5, 0.6) is 0 Å². The molecule has 1 unspecified atom stereocenters. The van der Waals surface area contributed by atoms with Gasteiger partial charge in [0, 0.05) is 25.6 Å². The quantitative estimate of drug-likeness (QED) is 0.857. The number of likely N-dealkylation sites (tertiary alicyclic amines) is 1. The molecule has 1 fully saturated rings. The molecule has 4 heteroatoms. The van der Waals surface area contributed by atoms with E-state index in [1.165, 1.54) is 5.56 Å². The fraction of sp³-hybridized carbons (Fsp3) is 0.375. The molecule has 4 nitrogen and oxygen atoms in total.